The average Bonchev–Trinajstić information content (AvgIpc) is 3.34. The van der Waals surface area contributed by atoms with E-state index in [9.17, 15) is 14.9 Å². The zero-order valence-corrected chi connectivity index (χ0v) is 20.9. The molecule has 0 aliphatic carbocycles. The Balaban J connectivity index is 1.45. The fourth-order valence-electron chi connectivity index (χ4n) is 3.30. The number of hydrogen-bond donors (Lipinski definition) is 3. The first-order valence-corrected chi connectivity index (χ1v) is 11.6. The molecular formula is C22H16Cl2N8O4S. The van der Waals surface area contributed by atoms with Crippen molar-refractivity contribution in [1.29, 1.82) is 0 Å². The van der Waals surface area contributed by atoms with Crippen LogP contribution in [-0.2, 0) is 10.5 Å². The second-order valence-corrected chi connectivity index (χ2v) is 8.73. The number of nitro groups is 1. The van der Waals surface area contributed by atoms with Gasteiger partial charge < -0.3 is 10.1 Å². The number of halogens is 2. The van der Waals surface area contributed by atoms with Crippen molar-refractivity contribution in [2.24, 2.45) is 20.7 Å². The van der Waals surface area contributed by atoms with Crippen LogP contribution >= 0.6 is 35.4 Å². The van der Waals surface area contributed by atoms with E-state index in [0.717, 1.165) is 0 Å². The van der Waals surface area contributed by atoms with Gasteiger partial charge in [-0.25, -0.2) is 0 Å². The lowest BCUT2D eigenvalue weighted by atomic mass is 9.96. The fraction of sp³-hybridized carbons (Fsp3) is 0.0909. The highest BCUT2D eigenvalue weighted by molar-refractivity contribution is 7.80. The molecular weight excluding hydrogens is 543 g/mol. The maximum Gasteiger partial charge on any atom is 0.271 e. The number of anilines is 1. The van der Waals surface area contributed by atoms with Gasteiger partial charge in [0.05, 0.1) is 16.4 Å². The molecule has 1 aliphatic rings. The predicted molar refractivity (Wildman–Crippen MR) is 140 cm³/mol. The highest BCUT2D eigenvalue weighted by Gasteiger charge is 2.41. The molecule has 15 heteroatoms. The van der Waals surface area contributed by atoms with Crippen molar-refractivity contribution >= 4 is 57.8 Å². The summed E-state index contributed by atoms with van der Waals surface area (Å²) in [7, 11) is 0. The Hall–Kier alpha value is -4.20. The molecule has 0 radical (unpaired) electrons. The summed E-state index contributed by atoms with van der Waals surface area (Å²) in [5, 5.41) is 29.8. The van der Waals surface area contributed by atoms with Crippen LogP contribution in [0.2, 0.25) is 10.0 Å². The number of hydrogen-bond acceptors (Lipinski definition) is 9. The highest BCUT2D eigenvalue weighted by atomic mass is 35.5. The quantitative estimate of drug-likeness (QED) is 0.180. The van der Waals surface area contributed by atoms with Crippen LogP contribution in [0.5, 0.6) is 11.5 Å². The maximum absolute atomic E-state index is 12.8. The molecule has 0 saturated carbocycles. The molecule has 1 aliphatic heterocycles. The minimum atomic E-state index is -1.50. The van der Waals surface area contributed by atoms with Crippen molar-refractivity contribution in [1.82, 2.24) is 10.9 Å². The molecule has 37 heavy (non-hydrogen) atoms. The largest absolute Gasteiger partial charge is 0.455 e. The fourth-order valence-corrected chi connectivity index (χ4v) is 3.91. The SMILES string of the molecule is O=C(CC1(c2ccccc2Oc2ccc(Cl)cc2Cl)N=NN=N1)NNC(=S)Nc1cccc([N+](=O)[O-])c1. The molecule has 0 aromatic heterocycles. The van der Waals surface area contributed by atoms with Crippen LogP contribution in [0.15, 0.2) is 87.4 Å². The van der Waals surface area contributed by atoms with Crippen LogP contribution in [0, 0.1) is 10.1 Å². The number of ether oxygens (including phenoxy) is 1. The highest BCUT2D eigenvalue weighted by Crippen LogP contribution is 2.43. The standard InChI is InChI=1S/C22H16Cl2N8O4S/c23-13-8-9-19(17(24)10-13)36-18-7-2-1-6-16(18)22(28-30-31-29-22)12-20(33)26-27-21(37)25-14-4-3-5-15(11-14)32(34)35/h1-11H,12H2,(H,26,33)(H2,25,27,37). The van der Waals surface area contributed by atoms with Crippen molar-refractivity contribution in [3.05, 3.63) is 92.5 Å². The summed E-state index contributed by atoms with van der Waals surface area (Å²) in [4.78, 5) is 23.2. The van der Waals surface area contributed by atoms with Crippen molar-refractivity contribution in [3.8, 4) is 11.5 Å². The summed E-state index contributed by atoms with van der Waals surface area (Å²) >= 11 is 17.4. The normalized spacial score (nSPS) is 13.1. The smallest absolute Gasteiger partial charge is 0.271 e. The lowest BCUT2D eigenvalue weighted by Crippen LogP contribution is -2.45. The molecule has 0 spiro atoms. The molecule has 3 aromatic carbocycles. The lowest BCUT2D eigenvalue weighted by Gasteiger charge is -2.23. The van der Waals surface area contributed by atoms with E-state index >= 15 is 0 Å². The van der Waals surface area contributed by atoms with Crippen molar-refractivity contribution < 1.29 is 14.5 Å². The van der Waals surface area contributed by atoms with Gasteiger partial charge in [-0.1, -0.05) is 47.5 Å². The number of amides is 1. The monoisotopic (exact) mass is 558 g/mol. The van der Waals surface area contributed by atoms with Gasteiger partial charge in [-0.3, -0.25) is 25.8 Å². The Morgan fingerprint density at radius 2 is 1.76 bits per heavy atom. The van der Waals surface area contributed by atoms with Gasteiger partial charge in [-0.05, 0) is 53.0 Å². The molecule has 0 unspecified atom stereocenters. The molecule has 3 aromatic rings. The zero-order chi connectivity index (χ0) is 26.4. The number of para-hydroxylation sites is 1. The molecule has 3 N–H and O–H groups in total. The average molecular weight is 559 g/mol. The third kappa shape index (κ3) is 6.33. The number of benzene rings is 3. The molecule has 4 rings (SSSR count). The van der Waals surface area contributed by atoms with Crippen LogP contribution in [0.4, 0.5) is 11.4 Å². The minimum absolute atomic E-state index is 0.00122. The van der Waals surface area contributed by atoms with Gasteiger partial charge >= 0.3 is 0 Å². The number of nitrogens with one attached hydrogen (secondary N) is 3. The Labute approximate surface area is 224 Å². The van der Waals surface area contributed by atoms with Gasteiger partial charge in [0.15, 0.2) is 5.11 Å². The molecule has 1 amide bonds. The maximum atomic E-state index is 12.8. The van der Waals surface area contributed by atoms with Gasteiger partial charge in [0.1, 0.15) is 11.5 Å². The third-order valence-electron chi connectivity index (χ3n) is 4.93. The first kappa shape index (κ1) is 25.9. The molecule has 12 nitrogen and oxygen atoms in total. The Bertz CT molecular complexity index is 1420. The molecule has 0 saturated heterocycles. The first-order valence-electron chi connectivity index (χ1n) is 10.4. The number of hydrazine groups is 1. The number of nitro benzene ring substituents is 1. The minimum Gasteiger partial charge on any atom is -0.455 e. The van der Waals surface area contributed by atoms with Crippen molar-refractivity contribution in [2.75, 3.05) is 5.32 Å². The van der Waals surface area contributed by atoms with E-state index in [2.05, 4.69) is 36.8 Å². The second kappa shape index (κ2) is 11.2. The number of carbonyl (C=O) groups is 1. The van der Waals surface area contributed by atoms with E-state index in [4.69, 9.17) is 40.2 Å². The number of rotatable bonds is 7. The topological polar surface area (TPSA) is 155 Å². The van der Waals surface area contributed by atoms with E-state index in [1.165, 1.54) is 24.3 Å². The number of non-ortho nitro benzene ring substituents is 1. The summed E-state index contributed by atoms with van der Waals surface area (Å²) in [5.74, 6) is 0.113. The Morgan fingerprint density at radius 3 is 2.49 bits per heavy atom. The molecule has 1 heterocycles. The summed E-state index contributed by atoms with van der Waals surface area (Å²) < 4.78 is 5.99. The van der Waals surface area contributed by atoms with Crippen LogP contribution < -0.4 is 20.9 Å². The van der Waals surface area contributed by atoms with Crippen molar-refractivity contribution in [3.63, 3.8) is 0 Å². The van der Waals surface area contributed by atoms with Gasteiger partial charge in [-0.15, -0.1) is 10.2 Å². The van der Waals surface area contributed by atoms with Crippen LogP contribution in [0.25, 0.3) is 0 Å². The molecule has 0 fully saturated rings. The van der Waals surface area contributed by atoms with Gasteiger partial charge in [0, 0.05) is 28.4 Å². The van der Waals surface area contributed by atoms with Gasteiger partial charge in [-0.2, -0.15) is 0 Å². The second-order valence-electron chi connectivity index (χ2n) is 7.48. The van der Waals surface area contributed by atoms with E-state index in [1.807, 2.05) is 0 Å². The lowest BCUT2D eigenvalue weighted by molar-refractivity contribution is -0.384. The Kier molecular flexibility index (Phi) is 7.86. The molecule has 188 valence electrons. The zero-order valence-electron chi connectivity index (χ0n) is 18.6. The summed E-state index contributed by atoms with van der Waals surface area (Å²) in [5.41, 5.74) is 4.14. The van der Waals surface area contributed by atoms with E-state index in [1.54, 1.807) is 42.5 Å². The van der Waals surface area contributed by atoms with E-state index < -0.39 is 16.5 Å². The third-order valence-corrected chi connectivity index (χ3v) is 5.66. The van der Waals surface area contributed by atoms with E-state index in [-0.39, 0.29) is 22.2 Å². The van der Waals surface area contributed by atoms with Crippen LogP contribution in [0.3, 0.4) is 0 Å². The summed E-state index contributed by atoms with van der Waals surface area (Å²) in [6.45, 7) is 0. The predicted octanol–water partition coefficient (Wildman–Crippen LogP) is 6.09. The molecule has 0 atom stereocenters. The Morgan fingerprint density at radius 1 is 1.00 bits per heavy atom. The van der Waals surface area contributed by atoms with Crippen LogP contribution in [0.1, 0.15) is 12.0 Å². The van der Waals surface area contributed by atoms with Crippen molar-refractivity contribution in [2.45, 2.75) is 12.1 Å². The summed E-state index contributed by atoms with van der Waals surface area (Å²) in [6.07, 6.45) is -0.304. The van der Waals surface area contributed by atoms with Crippen LogP contribution in [-0.4, -0.2) is 15.9 Å². The van der Waals surface area contributed by atoms with Gasteiger partial charge in [0.2, 0.25) is 11.6 Å². The van der Waals surface area contributed by atoms with E-state index in [0.29, 0.717) is 27.8 Å². The summed E-state index contributed by atoms with van der Waals surface area (Å²) in [6, 6.07) is 17.3. The number of carbonyl (C=O) groups excluding carboxylic acids is 1. The molecule has 0 bridgehead atoms. The number of thiocarbonyl (C=S) groups is 1. The van der Waals surface area contributed by atoms with Gasteiger partial charge in [0.25, 0.3) is 5.69 Å². The number of nitrogens with zero attached hydrogens (tertiary/aromatic N) is 5. The first-order chi connectivity index (χ1) is 17.8.